The van der Waals surface area contributed by atoms with Crippen molar-refractivity contribution < 1.29 is 14.3 Å². The summed E-state index contributed by atoms with van der Waals surface area (Å²) in [5, 5.41) is 0.165. The zero-order valence-corrected chi connectivity index (χ0v) is 13.7. The summed E-state index contributed by atoms with van der Waals surface area (Å²) in [7, 11) is 0. The number of benzene rings is 2. The van der Waals surface area contributed by atoms with E-state index in [9.17, 15) is 9.59 Å². The first-order chi connectivity index (χ1) is 11.6. The van der Waals surface area contributed by atoms with E-state index in [2.05, 4.69) is 0 Å². The Morgan fingerprint density at radius 1 is 1.04 bits per heavy atom. The predicted octanol–water partition coefficient (Wildman–Crippen LogP) is 3.40. The van der Waals surface area contributed by atoms with Gasteiger partial charge >= 0.3 is 0 Å². The molecule has 118 valence electrons. The molecule has 4 rings (SSSR count). The molecule has 1 aliphatic carbocycles. The number of hydrogen-bond donors (Lipinski definition) is 0. The number of fused-ring (bicyclic) bond motifs is 3. The van der Waals surface area contributed by atoms with E-state index in [0.29, 0.717) is 17.7 Å². The molecule has 1 amide bonds. The highest BCUT2D eigenvalue weighted by molar-refractivity contribution is 7.80. The molecule has 0 aromatic heterocycles. The van der Waals surface area contributed by atoms with Crippen LogP contribution in [0.3, 0.4) is 0 Å². The molecule has 1 aliphatic heterocycles. The lowest BCUT2D eigenvalue weighted by Gasteiger charge is -2.07. The number of ether oxygens (including phenoxy) is 1. The minimum Gasteiger partial charge on any atom is -0.426 e. The van der Waals surface area contributed by atoms with E-state index in [-0.39, 0.29) is 22.6 Å². The van der Waals surface area contributed by atoms with Crippen molar-refractivity contribution >= 4 is 35.2 Å². The number of carbonyl (C=O) groups excluding carboxylic acids is 2. The largest absolute Gasteiger partial charge is 0.426 e. The van der Waals surface area contributed by atoms with Crippen LogP contribution in [0.15, 0.2) is 48.2 Å². The van der Waals surface area contributed by atoms with Crippen LogP contribution < -0.4 is 0 Å². The molecule has 1 saturated heterocycles. The number of carbonyl (C=O) groups is 2. The number of rotatable bonds is 2. The summed E-state index contributed by atoms with van der Waals surface area (Å²) in [5.74, 6) is -0.0602. The van der Waals surface area contributed by atoms with Crippen molar-refractivity contribution in [2.45, 2.75) is 6.92 Å². The van der Waals surface area contributed by atoms with E-state index in [1.165, 1.54) is 4.90 Å². The third kappa shape index (κ3) is 2.02. The Hall–Kier alpha value is -2.79. The third-order valence-electron chi connectivity index (χ3n) is 4.26. The first-order valence-electron chi connectivity index (χ1n) is 7.64. The number of likely N-dealkylation sites (N-methyl/N-ethyl adjacent to an activating group) is 1. The van der Waals surface area contributed by atoms with E-state index in [1.54, 1.807) is 12.1 Å². The quantitative estimate of drug-likeness (QED) is 0.532. The van der Waals surface area contributed by atoms with Crippen LogP contribution >= 0.6 is 12.2 Å². The van der Waals surface area contributed by atoms with Gasteiger partial charge in [0.15, 0.2) is 11.5 Å². The summed E-state index contributed by atoms with van der Waals surface area (Å²) in [6, 6.07) is 13.0. The van der Waals surface area contributed by atoms with Crippen LogP contribution in [0.1, 0.15) is 28.4 Å². The lowest BCUT2D eigenvalue weighted by Crippen LogP contribution is -2.27. The van der Waals surface area contributed by atoms with Crippen molar-refractivity contribution in [3.8, 4) is 11.1 Å². The molecule has 2 aromatic carbocycles. The fraction of sp³-hybridized carbons (Fsp3) is 0.105. The Bertz CT molecular complexity index is 945. The van der Waals surface area contributed by atoms with Crippen molar-refractivity contribution in [3.63, 3.8) is 0 Å². The summed E-state index contributed by atoms with van der Waals surface area (Å²) in [6.45, 7) is 2.30. The van der Waals surface area contributed by atoms with Gasteiger partial charge in [-0.15, -0.1) is 0 Å². The highest BCUT2D eigenvalue weighted by Gasteiger charge is 2.33. The zero-order chi connectivity index (χ0) is 16.8. The SMILES string of the molecule is CCN1C(=O)C(=Cc2cccc3c2-c2ccccc2C3=O)OC1=S. The highest BCUT2D eigenvalue weighted by atomic mass is 32.1. The number of thiocarbonyl (C=S) groups is 1. The van der Waals surface area contributed by atoms with Crippen molar-refractivity contribution in [1.82, 2.24) is 4.90 Å². The smallest absolute Gasteiger partial charge is 0.297 e. The normalized spacial score (nSPS) is 17.3. The Balaban J connectivity index is 1.87. The third-order valence-corrected chi connectivity index (χ3v) is 4.56. The molecule has 0 atom stereocenters. The average molecular weight is 335 g/mol. The van der Waals surface area contributed by atoms with Gasteiger partial charge in [-0.05, 0) is 36.3 Å². The van der Waals surface area contributed by atoms with Gasteiger partial charge in [-0.25, -0.2) is 0 Å². The van der Waals surface area contributed by atoms with Gasteiger partial charge in [-0.1, -0.05) is 42.5 Å². The van der Waals surface area contributed by atoms with E-state index in [1.807, 2.05) is 43.3 Å². The second-order valence-corrected chi connectivity index (χ2v) is 5.92. The topological polar surface area (TPSA) is 46.6 Å². The molecular formula is C19H13NO3S. The number of hydrogen-bond acceptors (Lipinski definition) is 4. The van der Waals surface area contributed by atoms with Gasteiger partial charge in [0.2, 0.25) is 0 Å². The Morgan fingerprint density at radius 2 is 1.75 bits per heavy atom. The second-order valence-electron chi connectivity index (χ2n) is 5.57. The molecule has 24 heavy (non-hydrogen) atoms. The molecule has 0 spiro atoms. The molecule has 2 aromatic rings. The standard InChI is InChI=1S/C19H13NO3S/c1-2-20-18(22)15(23-19(20)24)10-11-6-5-9-14-16(11)12-7-3-4-8-13(12)17(14)21/h3-10H,2H2,1H3. The minimum absolute atomic E-state index is 0.00484. The molecule has 2 aliphatic rings. The summed E-state index contributed by atoms with van der Waals surface area (Å²) >= 11 is 5.08. The van der Waals surface area contributed by atoms with Crippen LogP contribution in [-0.2, 0) is 9.53 Å². The van der Waals surface area contributed by atoms with Crippen LogP contribution in [0, 0.1) is 0 Å². The maximum absolute atomic E-state index is 12.5. The van der Waals surface area contributed by atoms with Gasteiger partial charge in [-0.2, -0.15) is 0 Å². The fourth-order valence-electron chi connectivity index (χ4n) is 3.14. The van der Waals surface area contributed by atoms with Gasteiger partial charge in [0.25, 0.3) is 11.1 Å². The highest BCUT2D eigenvalue weighted by Crippen LogP contribution is 2.39. The lowest BCUT2D eigenvalue weighted by molar-refractivity contribution is -0.122. The minimum atomic E-state index is -0.252. The average Bonchev–Trinajstić information content (AvgIpc) is 3.03. The molecule has 5 heteroatoms. The van der Waals surface area contributed by atoms with E-state index in [0.717, 1.165) is 16.7 Å². The van der Waals surface area contributed by atoms with Gasteiger partial charge in [0.1, 0.15) is 0 Å². The zero-order valence-electron chi connectivity index (χ0n) is 12.9. The van der Waals surface area contributed by atoms with Gasteiger partial charge in [-0.3, -0.25) is 14.5 Å². The summed E-state index contributed by atoms with van der Waals surface area (Å²) in [4.78, 5) is 26.3. The fourth-order valence-corrected chi connectivity index (χ4v) is 3.44. The van der Waals surface area contributed by atoms with Crippen LogP contribution in [0.25, 0.3) is 17.2 Å². The first-order valence-corrected chi connectivity index (χ1v) is 8.05. The molecule has 0 N–H and O–H groups in total. The maximum Gasteiger partial charge on any atom is 0.297 e. The molecular weight excluding hydrogens is 322 g/mol. The molecule has 1 heterocycles. The van der Waals surface area contributed by atoms with E-state index < -0.39 is 0 Å². The molecule has 0 radical (unpaired) electrons. The monoisotopic (exact) mass is 335 g/mol. The van der Waals surface area contributed by atoms with Gasteiger partial charge < -0.3 is 4.74 Å². The summed E-state index contributed by atoms with van der Waals surface area (Å²) in [6.07, 6.45) is 1.67. The molecule has 0 bridgehead atoms. The summed E-state index contributed by atoms with van der Waals surface area (Å²) in [5.41, 5.74) is 3.82. The lowest BCUT2D eigenvalue weighted by atomic mass is 9.99. The first kappa shape index (κ1) is 14.8. The predicted molar refractivity (Wildman–Crippen MR) is 94.4 cm³/mol. The van der Waals surface area contributed by atoms with E-state index in [4.69, 9.17) is 17.0 Å². The molecule has 0 saturated carbocycles. The Labute approximate surface area is 144 Å². The molecule has 1 fully saturated rings. The van der Waals surface area contributed by atoms with Crippen molar-refractivity contribution in [2.24, 2.45) is 0 Å². The second kappa shape index (κ2) is 5.39. The van der Waals surface area contributed by atoms with Crippen LogP contribution in [0.5, 0.6) is 0 Å². The Kier molecular flexibility index (Phi) is 3.32. The Morgan fingerprint density at radius 3 is 2.46 bits per heavy atom. The number of nitrogens with zero attached hydrogens (tertiary/aromatic N) is 1. The molecule has 4 nitrogen and oxygen atoms in total. The number of amides is 1. The molecule has 0 unspecified atom stereocenters. The van der Waals surface area contributed by atoms with Gasteiger partial charge in [0.05, 0.1) is 0 Å². The van der Waals surface area contributed by atoms with Crippen LogP contribution in [0.2, 0.25) is 0 Å². The van der Waals surface area contributed by atoms with E-state index >= 15 is 0 Å². The van der Waals surface area contributed by atoms with Crippen molar-refractivity contribution in [3.05, 3.63) is 64.9 Å². The van der Waals surface area contributed by atoms with Crippen molar-refractivity contribution in [2.75, 3.05) is 6.54 Å². The summed E-state index contributed by atoms with van der Waals surface area (Å²) < 4.78 is 5.44. The van der Waals surface area contributed by atoms with Crippen LogP contribution in [0.4, 0.5) is 0 Å². The van der Waals surface area contributed by atoms with Gasteiger partial charge in [0, 0.05) is 23.2 Å². The number of ketones is 1. The van der Waals surface area contributed by atoms with Crippen LogP contribution in [-0.4, -0.2) is 28.3 Å². The van der Waals surface area contributed by atoms with Crippen molar-refractivity contribution in [1.29, 1.82) is 0 Å². The maximum atomic E-state index is 12.5.